The first kappa shape index (κ1) is 21.6. The number of fused-ring (bicyclic) bond motifs is 3. The van der Waals surface area contributed by atoms with Crippen LogP contribution in [0.5, 0.6) is 0 Å². The van der Waals surface area contributed by atoms with E-state index in [1.54, 1.807) is 29.5 Å². The van der Waals surface area contributed by atoms with Gasteiger partial charge in [0.05, 0.1) is 16.3 Å². The van der Waals surface area contributed by atoms with Crippen LogP contribution in [-0.2, 0) is 17.6 Å². The number of carbonyl (C=O) groups excluding carboxylic acids is 1. The number of aromatic nitrogens is 2. The molecule has 2 atom stereocenters. The van der Waals surface area contributed by atoms with E-state index in [4.69, 9.17) is 4.98 Å². The average Bonchev–Trinajstić information content (AvgIpc) is 3.42. The number of amides is 1. The first-order chi connectivity index (χ1) is 15.4. The van der Waals surface area contributed by atoms with E-state index in [9.17, 15) is 14.0 Å². The van der Waals surface area contributed by atoms with Crippen LogP contribution in [0.1, 0.15) is 43.6 Å². The van der Waals surface area contributed by atoms with E-state index >= 15 is 0 Å². The topological polar surface area (TPSA) is 55.2 Å². The van der Waals surface area contributed by atoms with Crippen LogP contribution in [-0.4, -0.2) is 38.7 Å². The number of carbonyl (C=O) groups is 1. The molecular weight excluding hydrogens is 445 g/mol. The maximum Gasteiger partial charge on any atom is 0.267 e. The number of likely N-dealkylation sites (tertiary alicyclic amines) is 1. The van der Waals surface area contributed by atoms with E-state index in [2.05, 4.69) is 6.92 Å². The molecule has 2 aromatic heterocycles. The van der Waals surface area contributed by atoms with Crippen molar-refractivity contribution in [1.29, 1.82) is 0 Å². The second kappa shape index (κ2) is 8.63. The summed E-state index contributed by atoms with van der Waals surface area (Å²) in [5.41, 5.74) is 1.01. The third-order valence-corrected chi connectivity index (χ3v) is 8.63. The zero-order valence-corrected chi connectivity index (χ0v) is 19.9. The van der Waals surface area contributed by atoms with Crippen molar-refractivity contribution in [1.82, 2.24) is 14.5 Å². The molecule has 5 nitrogen and oxygen atoms in total. The summed E-state index contributed by atoms with van der Waals surface area (Å²) in [5, 5.41) is 0.576. The predicted octanol–water partition coefficient (Wildman–Crippen LogP) is 4.81. The third-order valence-electron chi connectivity index (χ3n) is 6.44. The maximum atomic E-state index is 14.8. The number of benzene rings is 1. The number of rotatable bonds is 4. The summed E-state index contributed by atoms with van der Waals surface area (Å²) in [6, 6.07) is 6.27. The van der Waals surface area contributed by atoms with Gasteiger partial charge in [0.1, 0.15) is 10.6 Å². The Morgan fingerprint density at radius 2 is 2.03 bits per heavy atom. The SMILES string of the molecule is C[C@H]1CCc2c(sc3nc(S[C@@H](C)C(=O)N4CCCC4)n(-c4ccccc4F)c(=O)c23)C1. The summed E-state index contributed by atoms with van der Waals surface area (Å²) in [6.45, 7) is 5.61. The van der Waals surface area contributed by atoms with Crippen LogP contribution in [0.4, 0.5) is 4.39 Å². The maximum absolute atomic E-state index is 14.8. The van der Waals surface area contributed by atoms with Gasteiger partial charge < -0.3 is 4.90 Å². The molecule has 3 aromatic rings. The molecule has 5 rings (SSSR count). The highest BCUT2D eigenvalue weighted by Crippen LogP contribution is 2.37. The molecule has 0 unspecified atom stereocenters. The van der Waals surface area contributed by atoms with Gasteiger partial charge in [-0.15, -0.1) is 11.3 Å². The lowest BCUT2D eigenvalue weighted by Crippen LogP contribution is -2.34. The molecule has 0 spiro atoms. The number of nitrogens with zero attached hydrogens (tertiary/aromatic N) is 3. The van der Waals surface area contributed by atoms with E-state index in [-0.39, 0.29) is 17.2 Å². The minimum absolute atomic E-state index is 0.0428. The molecule has 8 heteroatoms. The van der Waals surface area contributed by atoms with Gasteiger partial charge >= 0.3 is 0 Å². The number of hydrogen-bond acceptors (Lipinski definition) is 5. The Morgan fingerprint density at radius 1 is 1.28 bits per heavy atom. The van der Waals surface area contributed by atoms with Gasteiger partial charge in [-0.2, -0.15) is 0 Å². The second-order valence-electron chi connectivity index (χ2n) is 8.81. The van der Waals surface area contributed by atoms with Crippen LogP contribution in [0.3, 0.4) is 0 Å². The summed E-state index contributed by atoms with van der Waals surface area (Å²) in [7, 11) is 0. The van der Waals surface area contributed by atoms with Crippen LogP contribution < -0.4 is 5.56 Å². The van der Waals surface area contributed by atoms with E-state index in [0.29, 0.717) is 21.3 Å². The fourth-order valence-electron chi connectivity index (χ4n) is 4.70. The molecular formula is C24H26FN3O2S2. The van der Waals surface area contributed by atoms with Gasteiger partial charge in [0.15, 0.2) is 5.16 Å². The molecule has 1 saturated heterocycles. The number of thiophene rings is 1. The molecule has 1 aliphatic heterocycles. The largest absolute Gasteiger partial charge is 0.342 e. The zero-order chi connectivity index (χ0) is 22.4. The van der Waals surface area contributed by atoms with Crippen molar-refractivity contribution in [2.45, 2.75) is 56.4 Å². The standard InChI is InChI=1S/C24H26FN3O2S2/c1-14-9-10-16-19(13-14)32-21-20(16)23(30)28(18-8-4-3-7-17(18)25)24(26-21)31-15(2)22(29)27-11-5-6-12-27/h3-4,7-8,14-15H,5-6,9-13H2,1-2H3/t14-,15-/m0/s1. The van der Waals surface area contributed by atoms with Crippen molar-refractivity contribution in [2.24, 2.45) is 5.92 Å². The number of thioether (sulfide) groups is 1. The molecule has 168 valence electrons. The fraction of sp³-hybridized carbons (Fsp3) is 0.458. The van der Waals surface area contributed by atoms with Crippen molar-refractivity contribution in [3.8, 4) is 5.69 Å². The monoisotopic (exact) mass is 471 g/mol. The fourth-order valence-corrected chi connectivity index (χ4v) is 7.13. The van der Waals surface area contributed by atoms with Gasteiger partial charge in [0.2, 0.25) is 5.91 Å². The molecule has 1 fully saturated rings. The Labute approximate surface area is 194 Å². The normalized spacial score (nSPS) is 19.3. The highest BCUT2D eigenvalue weighted by atomic mass is 32.2. The number of para-hydroxylation sites is 1. The second-order valence-corrected chi connectivity index (χ2v) is 11.2. The molecule has 32 heavy (non-hydrogen) atoms. The van der Waals surface area contributed by atoms with Crippen molar-refractivity contribution >= 4 is 39.2 Å². The lowest BCUT2D eigenvalue weighted by Gasteiger charge is -2.21. The number of hydrogen-bond donors (Lipinski definition) is 0. The highest BCUT2D eigenvalue weighted by Gasteiger charge is 2.29. The van der Waals surface area contributed by atoms with Gasteiger partial charge in [-0.25, -0.2) is 9.37 Å². The Bertz CT molecular complexity index is 1250. The summed E-state index contributed by atoms with van der Waals surface area (Å²) in [5.74, 6) is 0.145. The number of halogens is 1. The minimum Gasteiger partial charge on any atom is -0.342 e. The molecule has 3 heterocycles. The smallest absolute Gasteiger partial charge is 0.267 e. The van der Waals surface area contributed by atoms with Crippen molar-refractivity contribution < 1.29 is 9.18 Å². The Kier molecular flexibility index (Phi) is 5.84. The summed E-state index contributed by atoms with van der Waals surface area (Å²) in [4.78, 5) is 35.3. The van der Waals surface area contributed by atoms with Crippen LogP contribution in [0.25, 0.3) is 15.9 Å². The summed E-state index contributed by atoms with van der Waals surface area (Å²) >= 11 is 2.82. The summed E-state index contributed by atoms with van der Waals surface area (Å²) < 4.78 is 16.2. The van der Waals surface area contributed by atoms with Crippen LogP contribution in [0, 0.1) is 11.7 Å². The lowest BCUT2D eigenvalue weighted by molar-refractivity contribution is -0.129. The van der Waals surface area contributed by atoms with Gasteiger partial charge in [-0.1, -0.05) is 30.8 Å². The predicted molar refractivity (Wildman–Crippen MR) is 127 cm³/mol. The molecule has 1 aromatic carbocycles. The molecule has 0 radical (unpaired) electrons. The zero-order valence-electron chi connectivity index (χ0n) is 18.3. The molecule has 0 saturated carbocycles. The third kappa shape index (κ3) is 3.77. The molecule has 0 bridgehead atoms. The van der Waals surface area contributed by atoms with E-state index in [0.717, 1.165) is 50.8 Å². The number of aryl methyl sites for hydroxylation is 1. The minimum atomic E-state index is -0.478. The lowest BCUT2D eigenvalue weighted by atomic mass is 9.89. The first-order valence-electron chi connectivity index (χ1n) is 11.2. The Hall–Kier alpha value is -2.19. The van der Waals surface area contributed by atoms with E-state index in [1.807, 2.05) is 11.8 Å². The van der Waals surface area contributed by atoms with Gasteiger partial charge in [-0.05, 0) is 62.6 Å². The Balaban J connectivity index is 1.65. The highest BCUT2D eigenvalue weighted by molar-refractivity contribution is 8.00. The van der Waals surface area contributed by atoms with Crippen LogP contribution >= 0.6 is 23.1 Å². The first-order valence-corrected chi connectivity index (χ1v) is 12.9. The Morgan fingerprint density at radius 3 is 2.78 bits per heavy atom. The molecule has 1 amide bonds. The van der Waals surface area contributed by atoms with Gasteiger partial charge in [0, 0.05) is 18.0 Å². The van der Waals surface area contributed by atoms with Crippen LogP contribution in [0.2, 0.25) is 0 Å². The van der Waals surface area contributed by atoms with E-state index in [1.165, 1.54) is 27.3 Å². The van der Waals surface area contributed by atoms with Crippen molar-refractivity contribution in [3.63, 3.8) is 0 Å². The van der Waals surface area contributed by atoms with E-state index < -0.39 is 11.1 Å². The quantitative estimate of drug-likeness (QED) is 0.405. The molecule has 2 aliphatic rings. The van der Waals surface area contributed by atoms with Crippen LogP contribution in [0.15, 0.2) is 34.2 Å². The molecule has 1 aliphatic carbocycles. The average molecular weight is 472 g/mol. The van der Waals surface area contributed by atoms with Crippen molar-refractivity contribution in [2.75, 3.05) is 13.1 Å². The van der Waals surface area contributed by atoms with Gasteiger partial charge in [0.25, 0.3) is 5.56 Å². The summed E-state index contributed by atoms with van der Waals surface area (Å²) in [6.07, 6.45) is 4.87. The molecule has 0 N–H and O–H groups in total. The van der Waals surface area contributed by atoms with Crippen molar-refractivity contribution in [3.05, 3.63) is 50.9 Å². The van der Waals surface area contributed by atoms with Gasteiger partial charge in [-0.3, -0.25) is 14.2 Å².